The van der Waals surface area contributed by atoms with E-state index < -0.39 is 20.4 Å². The van der Waals surface area contributed by atoms with Crippen molar-refractivity contribution in [3.8, 4) is 0 Å². The summed E-state index contributed by atoms with van der Waals surface area (Å²) in [4.78, 5) is 12.7. The van der Waals surface area contributed by atoms with Crippen LogP contribution in [0.15, 0.2) is 0 Å². The van der Waals surface area contributed by atoms with E-state index in [2.05, 4.69) is 0 Å². The highest BCUT2D eigenvalue weighted by atomic mass is 32.3. The SMILES string of the molecule is CCCCS(=O)(=O)OS(C)(CC(=O)C1CCCCC1)C(C)(C)C. The molecule has 138 valence electrons. The van der Waals surface area contributed by atoms with Crippen LogP contribution in [0.2, 0.25) is 0 Å². The molecule has 1 aliphatic rings. The fourth-order valence-corrected chi connectivity index (χ4v) is 7.71. The fraction of sp³-hybridized carbons (Fsp3) is 0.941. The average molecular weight is 367 g/mol. The molecule has 0 aliphatic heterocycles. The maximum atomic E-state index is 12.7. The molecule has 0 bridgehead atoms. The number of carbonyl (C=O) groups excluding carboxylic acids is 1. The topological polar surface area (TPSA) is 60.4 Å². The summed E-state index contributed by atoms with van der Waals surface area (Å²) < 4.78 is 29.9. The third-order valence-corrected chi connectivity index (χ3v) is 11.0. The van der Waals surface area contributed by atoms with Crippen molar-refractivity contribution in [1.29, 1.82) is 0 Å². The summed E-state index contributed by atoms with van der Waals surface area (Å²) in [5.74, 6) is 0.592. The van der Waals surface area contributed by atoms with E-state index in [9.17, 15) is 13.2 Å². The smallest absolute Gasteiger partial charge is 0.276 e. The van der Waals surface area contributed by atoms with Crippen molar-refractivity contribution in [2.75, 3.05) is 17.8 Å². The van der Waals surface area contributed by atoms with Gasteiger partial charge >= 0.3 is 0 Å². The molecule has 0 aromatic rings. The van der Waals surface area contributed by atoms with Crippen LogP contribution >= 0.6 is 10.3 Å². The molecule has 0 spiro atoms. The van der Waals surface area contributed by atoms with Gasteiger partial charge in [0.2, 0.25) is 0 Å². The van der Waals surface area contributed by atoms with Crippen LogP contribution in [0.3, 0.4) is 0 Å². The largest absolute Gasteiger partial charge is 0.298 e. The number of unbranched alkanes of at least 4 members (excludes halogenated alkanes) is 1. The zero-order valence-corrected chi connectivity index (χ0v) is 17.0. The van der Waals surface area contributed by atoms with E-state index in [-0.39, 0.29) is 28.0 Å². The summed E-state index contributed by atoms with van der Waals surface area (Å²) in [6, 6.07) is 0. The van der Waals surface area contributed by atoms with Gasteiger partial charge in [0.05, 0.1) is 11.5 Å². The monoisotopic (exact) mass is 366 g/mol. The summed E-state index contributed by atoms with van der Waals surface area (Å²) in [5, 5.41) is 0. The standard InChI is InChI=1S/C17H34O4S2/c1-6-7-13-23(19,20)21-22(5,17(2,3)4)14-16(18)15-11-9-8-10-12-15/h15H,6-14H2,1-5H3. The first kappa shape index (κ1) is 21.0. The van der Waals surface area contributed by atoms with Crippen LogP contribution < -0.4 is 0 Å². The second kappa shape index (κ2) is 8.34. The molecular formula is C17H34O4S2. The number of carbonyl (C=O) groups is 1. The van der Waals surface area contributed by atoms with E-state index in [1.54, 1.807) is 0 Å². The minimum absolute atomic E-state index is 0.0415. The number of ketones is 1. The van der Waals surface area contributed by atoms with Crippen molar-refractivity contribution in [1.82, 2.24) is 0 Å². The number of hydrogen-bond acceptors (Lipinski definition) is 4. The molecule has 0 radical (unpaired) electrons. The van der Waals surface area contributed by atoms with E-state index in [1.807, 2.05) is 34.0 Å². The Balaban J connectivity index is 2.88. The molecule has 1 saturated carbocycles. The third-order valence-electron chi connectivity index (χ3n) is 4.78. The average Bonchev–Trinajstić information content (AvgIpc) is 2.44. The van der Waals surface area contributed by atoms with Crippen molar-refractivity contribution in [3.05, 3.63) is 0 Å². The van der Waals surface area contributed by atoms with Crippen LogP contribution in [0, 0.1) is 5.92 Å². The molecule has 4 nitrogen and oxygen atoms in total. The lowest BCUT2D eigenvalue weighted by Crippen LogP contribution is -2.35. The lowest BCUT2D eigenvalue weighted by atomic mass is 9.87. The molecule has 1 aliphatic carbocycles. The van der Waals surface area contributed by atoms with Gasteiger partial charge in [-0.05, 0) is 25.5 Å². The maximum absolute atomic E-state index is 12.7. The molecule has 1 rings (SSSR count). The van der Waals surface area contributed by atoms with Crippen LogP contribution in [-0.4, -0.2) is 36.7 Å². The molecular weight excluding hydrogens is 332 g/mol. The second-order valence-electron chi connectivity index (χ2n) is 7.75. The van der Waals surface area contributed by atoms with Crippen LogP contribution in [0.25, 0.3) is 0 Å². The number of rotatable bonds is 8. The fourth-order valence-electron chi connectivity index (χ4n) is 2.74. The van der Waals surface area contributed by atoms with Gasteiger partial charge in [0.15, 0.2) is 0 Å². The van der Waals surface area contributed by atoms with Crippen LogP contribution in [0.1, 0.15) is 72.6 Å². The minimum Gasteiger partial charge on any atom is -0.298 e. The molecule has 0 heterocycles. The molecule has 0 aromatic carbocycles. The Kier molecular flexibility index (Phi) is 7.61. The molecule has 1 atom stereocenters. The predicted molar refractivity (Wildman–Crippen MR) is 99.5 cm³/mol. The van der Waals surface area contributed by atoms with Crippen LogP contribution in [0.5, 0.6) is 0 Å². The Morgan fingerprint density at radius 3 is 2.17 bits per heavy atom. The van der Waals surface area contributed by atoms with E-state index in [0.717, 1.165) is 32.1 Å². The molecule has 0 amide bonds. The summed E-state index contributed by atoms with van der Waals surface area (Å²) in [6.45, 7) is 7.89. The quantitative estimate of drug-likeness (QED) is 0.637. The third kappa shape index (κ3) is 6.39. The zero-order valence-electron chi connectivity index (χ0n) is 15.4. The summed E-state index contributed by atoms with van der Waals surface area (Å²) in [7, 11) is -5.61. The van der Waals surface area contributed by atoms with Gasteiger partial charge in [0.1, 0.15) is 5.78 Å². The normalized spacial score (nSPS) is 21.6. The highest BCUT2D eigenvalue weighted by Crippen LogP contribution is 2.58. The Hall–Kier alpha value is -0.0700. The van der Waals surface area contributed by atoms with Gasteiger partial charge in [-0.3, -0.25) is 4.79 Å². The molecule has 0 aromatic heterocycles. The van der Waals surface area contributed by atoms with Crippen molar-refractivity contribution >= 4 is 26.2 Å². The Labute approximate surface area is 144 Å². The van der Waals surface area contributed by atoms with Crippen molar-refractivity contribution in [3.63, 3.8) is 0 Å². The van der Waals surface area contributed by atoms with E-state index in [1.165, 1.54) is 6.42 Å². The first-order chi connectivity index (χ1) is 10.5. The van der Waals surface area contributed by atoms with E-state index in [4.69, 9.17) is 3.63 Å². The molecule has 23 heavy (non-hydrogen) atoms. The Bertz CT molecular complexity index is 487. The number of hydrogen-bond donors (Lipinski definition) is 0. The van der Waals surface area contributed by atoms with Gasteiger partial charge in [-0.25, -0.2) is 3.63 Å². The lowest BCUT2D eigenvalue weighted by molar-refractivity contribution is -0.121. The van der Waals surface area contributed by atoms with E-state index >= 15 is 0 Å². The molecule has 1 fully saturated rings. The highest BCUT2D eigenvalue weighted by molar-refractivity contribution is 8.33. The van der Waals surface area contributed by atoms with Gasteiger partial charge in [-0.15, -0.1) is 10.3 Å². The molecule has 1 unspecified atom stereocenters. The first-order valence-electron chi connectivity index (χ1n) is 8.73. The highest BCUT2D eigenvalue weighted by Gasteiger charge is 2.40. The summed E-state index contributed by atoms with van der Waals surface area (Å²) >= 11 is 0. The van der Waals surface area contributed by atoms with Crippen LogP contribution in [-0.2, 0) is 18.5 Å². The Morgan fingerprint density at radius 2 is 1.70 bits per heavy atom. The predicted octanol–water partition coefficient (Wildman–Crippen LogP) is 4.43. The second-order valence-corrected chi connectivity index (χ2v) is 13.3. The van der Waals surface area contributed by atoms with Gasteiger partial charge in [-0.1, -0.05) is 53.4 Å². The van der Waals surface area contributed by atoms with Crippen molar-refractivity contribution in [2.24, 2.45) is 5.92 Å². The molecule has 0 N–H and O–H groups in total. The summed E-state index contributed by atoms with van der Waals surface area (Å²) in [5.41, 5.74) is 0. The minimum atomic E-state index is -3.58. The summed E-state index contributed by atoms with van der Waals surface area (Å²) in [6.07, 6.45) is 8.57. The zero-order chi connectivity index (χ0) is 17.7. The van der Waals surface area contributed by atoms with Gasteiger partial charge in [-0.2, -0.15) is 8.42 Å². The molecule has 6 heteroatoms. The van der Waals surface area contributed by atoms with Gasteiger partial charge < -0.3 is 0 Å². The van der Waals surface area contributed by atoms with E-state index in [0.29, 0.717) is 6.42 Å². The van der Waals surface area contributed by atoms with Crippen molar-refractivity contribution < 1.29 is 16.8 Å². The lowest BCUT2D eigenvalue weighted by Gasteiger charge is -2.45. The van der Waals surface area contributed by atoms with Gasteiger partial charge in [0, 0.05) is 10.7 Å². The molecule has 0 saturated heterocycles. The first-order valence-corrected chi connectivity index (χ1v) is 12.4. The van der Waals surface area contributed by atoms with Crippen molar-refractivity contribution in [2.45, 2.75) is 77.4 Å². The van der Waals surface area contributed by atoms with Gasteiger partial charge in [0.25, 0.3) is 10.1 Å². The Morgan fingerprint density at radius 1 is 1.13 bits per heavy atom. The number of Topliss-reactive ketones (excluding diaryl/α,β-unsaturated/α-hetero) is 1. The van der Waals surface area contributed by atoms with Crippen LogP contribution in [0.4, 0.5) is 0 Å². The maximum Gasteiger partial charge on any atom is 0.276 e.